The summed E-state index contributed by atoms with van der Waals surface area (Å²) < 4.78 is 4.83. The Balaban J connectivity index is 0. The number of hydrogen-bond donors (Lipinski definition) is 1. The summed E-state index contributed by atoms with van der Waals surface area (Å²) in [4.78, 5) is 10.5. The SMILES string of the molecule is CCCC/C=C\CCCCCCCCC/C=C/CO.CCCC/C=C\CCCCCCCCC/C=C/COC(C)=O. The summed E-state index contributed by atoms with van der Waals surface area (Å²) in [5.74, 6) is -0.207. The molecule has 0 spiro atoms. The molecule has 0 aromatic carbocycles. The lowest BCUT2D eigenvalue weighted by Gasteiger charge is -2.00. The number of unbranched alkanes of at least 4 members (excludes halogenated alkanes) is 20. The zero-order valence-corrected chi connectivity index (χ0v) is 27.8. The molecule has 0 heterocycles. The number of carbonyl (C=O) groups is 1. The predicted octanol–water partition coefficient (Wildman–Crippen LogP) is 12.2. The van der Waals surface area contributed by atoms with E-state index in [-0.39, 0.29) is 12.6 Å². The van der Waals surface area contributed by atoms with Crippen LogP contribution in [0.15, 0.2) is 48.6 Å². The summed E-state index contributed by atoms with van der Waals surface area (Å²) in [7, 11) is 0. The molecule has 0 aliphatic carbocycles. The van der Waals surface area contributed by atoms with Crippen molar-refractivity contribution < 1.29 is 14.6 Å². The van der Waals surface area contributed by atoms with Crippen LogP contribution in [-0.2, 0) is 9.53 Å². The Bertz CT molecular complexity index is 603. The summed E-state index contributed by atoms with van der Waals surface area (Å²) in [6, 6.07) is 0. The fourth-order valence-electron chi connectivity index (χ4n) is 4.48. The molecule has 0 atom stereocenters. The van der Waals surface area contributed by atoms with Gasteiger partial charge in [-0.25, -0.2) is 0 Å². The van der Waals surface area contributed by atoms with Gasteiger partial charge in [0.1, 0.15) is 6.61 Å². The van der Waals surface area contributed by atoms with Gasteiger partial charge in [0.2, 0.25) is 0 Å². The first kappa shape index (κ1) is 41.5. The van der Waals surface area contributed by atoms with Crippen LogP contribution >= 0.6 is 0 Å². The quantitative estimate of drug-likeness (QED) is 0.0549. The number of ether oxygens (including phenoxy) is 1. The monoisotopic (exact) mass is 575 g/mol. The van der Waals surface area contributed by atoms with E-state index in [0.717, 1.165) is 12.8 Å². The Morgan fingerprint density at radius 3 is 1.07 bits per heavy atom. The van der Waals surface area contributed by atoms with E-state index in [9.17, 15) is 4.79 Å². The van der Waals surface area contributed by atoms with Crippen molar-refractivity contribution in [2.24, 2.45) is 0 Å². The Morgan fingerprint density at radius 1 is 0.463 bits per heavy atom. The maximum atomic E-state index is 10.5. The lowest BCUT2D eigenvalue weighted by Crippen LogP contribution is -1.97. The molecule has 0 rings (SSSR count). The van der Waals surface area contributed by atoms with Crippen LogP contribution in [0.3, 0.4) is 0 Å². The molecule has 0 aromatic rings. The van der Waals surface area contributed by atoms with Gasteiger partial charge < -0.3 is 9.84 Å². The molecule has 41 heavy (non-hydrogen) atoms. The molecule has 3 nitrogen and oxygen atoms in total. The fraction of sp³-hybridized carbons (Fsp3) is 0.763. The molecule has 0 fully saturated rings. The van der Waals surface area contributed by atoms with Crippen LogP contribution in [0.1, 0.15) is 175 Å². The average Bonchev–Trinajstić information content (AvgIpc) is 2.97. The molecule has 240 valence electrons. The first-order valence-electron chi connectivity index (χ1n) is 17.5. The van der Waals surface area contributed by atoms with Crippen molar-refractivity contribution in [1.82, 2.24) is 0 Å². The highest BCUT2D eigenvalue weighted by Gasteiger charge is 1.92. The summed E-state index contributed by atoms with van der Waals surface area (Å²) >= 11 is 0. The van der Waals surface area contributed by atoms with Crippen LogP contribution in [-0.4, -0.2) is 24.3 Å². The Morgan fingerprint density at radius 2 is 0.756 bits per heavy atom. The molecule has 0 saturated carbocycles. The van der Waals surface area contributed by atoms with Crippen molar-refractivity contribution in [2.75, 3.05) is 13.2 Å². The first-order valence-corrected chi connectivity index (χ1v) is 17.5. The van der Waals surface area contributed by atoms with E-state index in [0.29, 0.717) is 6.61 Å². The van der Waals surface area contributed by atoms with Crippen LogP contribution in [0.2, 0.25) is 0 Å². The van der Waals surface area contributed by atoms with Gasteiger partial charge in [-0.3, -0.25) is 4.79 Å². The first-order chi connectivity index (χ1) is 20.2. The van der Waals surface area contributed by atoms with E-state index >= 15 is 0 Å². The van der Waals surface area contributed by atoms with Gasteiger partial charge in [0.05, 0.1) is 6.61 Å². The molecular weight excluding hydrogens is 504 g/mol. The molecule has 0 unspecified atom stereocenters. The second-order valence-electron chi connectivity index (χ2n) is 11.3. The lowest BCUT2D eigenvalue weighted by molar-refractivity contribution is -0.139. The molecule has 0 saturated heterocycles. The van der Waals surface area contributed by atoms with Crippen molar-refractivity contribution in [2.45, 2.75) is 175 Å². The van der Waals surface area contributed by atoms with Gasteiger partial charge >= 0.3 is 5.97 Å². The van der Waals surface area contributed by atoms with Crippen LogP contribution in [0.5, 0.6) is 0 Å². The van der Waals surface area contributed by atoms with E-state index < -0.39 is 0 Å². The molecule has 0 amide bonds. The van der Waals surface area contributed by atoms with Gasteiger partial charge in [0, 0.05) is 6.92 Å². The maximum absolute atomic E-state index is 10.5. The van der Waals surface area contributed by atoms with E-state index in [1.54, 1.807) is 0 Å². The zero-order valence-electron chi connectivity index (χ0n) is 27.8. The summed E-state index contributed by atoms with van der Waals surface area (Å²) in [5, 5.41) is 8.58. The summed E-state index contributed by atoms with van der Waals surface area (Å²) in [5.41, 5.74) is 0. The largest absolute Gasteiger partial charge is 0.462 e. The van der Waals surface area contributed by atoms with Crippen LogP contribution in [0, 0.1) is 0 Å². The van der Waals surface area contributed by atoms with Gasteiger partial charge in [-0.2, -0.15) is 0 Å². The molecule has 0 aliphatic heterocycles. The molecule has 0 radical (unpaired) electrons. The maximum Gasteiger partial charge on any atom is 0.302 e. The van der Waals surface area contributed by atoms with Gasteiger partial charge in [-0.1, -0.05) is 152 Å². The van der Waals surface area contributed by atoms with Crippen LogP contribution in [0.25, 0.3) is 0 Å². The minimum atomic E-state index is -0.207. The molecule has 0 aromatic heterocycles. The van der Waals surface area contributed by atoms with Crippen molar-refractivity contribution >= 4 is 5.97 Å². The van der Waals surface area contributed by atoms with Gasteiger partial charge in [-0.05, 0) is 64.2 Å². The van der Waals surface area contributed by atoms with Gasteiger partial charge in [0.15, 0.2) is 0 Å². The van der Waals surface area contributed by atoms with Crippen molar-refractivity contribution in [3.63, 3.8) is 0 Å². The second-order valence-corrected chi connectivity index (χ2v) is 11.3. The molecular formula is C38H70O3. The average molecular weight is 575 g/mol. The number of allylic oxidation sites excluding steroid dienone is 6. The van der Waals surface area contributed by atoms with Crippen LogP contribution < -0.4 is 0 Å². The van der Waals surface area contributed by atoms with Crippen LogP contribution in [0.4, 0.5) is 0 Å². The Labute approximate surface area is 257 Å². The topological polar surface area (TPSA) is 46.5 Å². The number of esters is 1. The minimum absolute atomic E-state index is 0.187. The van der Waals surface area contributed by atoms with E-state index in [4.69, 9.17) is 9.84 Å². The highest BCUT2D eigenvalue weighted by molar-refractivity contribution is 5.65. The van der Waals surface area contributed by atoms with Gasteiger partial charge in [0.25, 0.3) is 0 Å². The van der Waals surface area contributed by atoms with E-state index in [2.05, 4.69) is 50.3 Å². The third-order valence-electron chi connectivity index (χ3n) is 7.09. The van der Waals surface area contributed by atoms with E-state index in [1.807, 2.05) is 12.2 Å². The Kier molecular flexibility index (Phi) is 41.0. The summed E-state index contributed by atoms with van der Waals surface area (Å²) in [6.45, 7) is 6.54. The third-order valence-corrected chi connectivity index (χ3v) is 7.09. The Hall–Kier alpha value is -1.61. The third kappa shape index (κ3) is 45.6. The van der Waals surface area contributed by atoms with Crippen molar-refractivity contribution in [3.05, 3.63) is 48.6 Å². The standard InChI is InChI=1S/C20H36O2.C18H34O/c1-3-4-5-6-7-8-9-10-11-12-13-14-15-16-17-18-19-22-20(2)21;1-2-3-4-5-6-7-8-9-10-11-12-13-14-15-16-17-18-19/h6-7,17-18H,3-5,8-16,19H2,1-2H3;5-6,16-17,19H,2-4,7-15,18H2,1H3/b7-6-,18-17+;6-5-,17-16+. The number of hydrogen-bond acceptors (Lipinski definition) is 3. The lowest BCUT2D eigenvalue weighted by atomic mass is 10.1. The second kappa shape index (κ2) is 40.5. The summed E-state index contributed by atoms with van der Waals surface area (Å²) in [6.07, 6.45) is 48.9. The number of carbonyl (C=O) groups excluding carboxylic acids is 1. The molecule has 0 aliphatic rings. The van der Waals surface area contributed by atoms with Crippen molar-refractivity contribution in [3.8, 4) is 0 Å². The molecule has 1 N–H and O–H groups in total. The van der Waals surface area contributed by atoms with Gasteiger partial charge in [-0.15, -0.1) is 0 Å². The van der Waals surface area contributed by atoms with Crippen molar-refractivity contribution in [1.29, 1.82) is 0 Å². The predicted molar refractivity (Wildman–Crippen MR) is 182 cm³/mol. The molecule has 3 heteroatoms. The zero-order chi connectivity index (χ0) is 30.3. The normalized spacial score (nSPS) is 11.7. The fourth-order valence-corrected chi connectivity index (χ4v) is 4.48. The molecule has 0 bridgehead atoms. The highest BCUT2D eigenvalue weighted by Crippen LogP contribution is 2.11. The minimum Gasteiger partial charge on any atom is -0.462 e. The number of rotatable bonds is 29. The number of aliphatic hydroxyl groups excluding tert-OH is 1. The van der Waals surface area contributed by atoms with E-state index in [1.165, 1.54) is 148 Å². The number of aliphatic hydroxyl groups is 1. The smallest absolute Gasteiger partial charge is 0.302 e. The highest BCUT2D eigenvalue weighted by atomic mass is 16.5.